The smallest absolute Gasteiger partial charge is 0.181 e. The van der Waals surface area contributed by atoms with Crippen molar-refractivity contribution in [3.8, 4) is 6.07 Å². The Bertz CT molecular complexity index is 239. The van der Waals surface area contributed by atoms with Gasteiger partial charge in [0.15, 0.2) is 5.90 Å². The fraction of sp³-hybridized carbons (Fsp3) is 0.800. The van der Waals surface area contributed by atoms with Gasteiger partial charge in [0.1, 0.15) is 0 Å². The van der Waals surface area contributed by atoms with Crippen LogP contribution in [-0.2, 0) is 9.47 Å². The summed E-state index contributed by atoms with van der Waals surface area (Å²) in [5.41, 5.74) is -0.426. The third kappa shape index (κ3) is 2.71. The highest BCUT2D eigenvalue weighted by Gasteiger charge is 2.34. The number of nitriles is 1. The maximum atomic E-state index is 9.10. The highest BCUT2D eigenvalue weighted by atomic mass is 16.5. The van der Waals surface area contributed by atoms with Crippen LogP contribution in [0.3, 0.4) is 0 Å². The van der Waals surface area contributed by atoms with Crippen LogP contribution in [0.25, 0.3) is 0 Å². The van der Waals surface area contributed by atoms with Gasteiger partial charge in [0, 0.05) is 19.6 Å². The van der Waals surface area contributed by atoms with Crippen molar-refractivity contribution in [3.05, 3.63) is 0 Å². The molecule has 4 nitrogen and oxygen atoms in total. The van der Waals surface area contributed by atoms with Gasteiger partial charge in [0.2, 0.25) is 0 Å². The molecule has 1 aliphatic rings. The van der Waals surface area contributed by atoms with Gasteiger partial charge in [0.25, 0.3) is 0 Å². The van der Waals surface area contributed by atoms with Gasteiger partial charge < -0.3 is 9.47 Å². The Balaban J connectivity index is 2.52. The van der Waals surface area contributed by atoms with Crippen LogP contribution >= 0.6 is 0 Å². The fourth-order valence-electron chi connectivity index (χ4n) is 1.62. The van der Waals surface area contributed by atoms with E-state index in [9.17, 15) is 0 Å². The first-order chi connectivity index (χ1) is 6.72. The number of rotatable bonds is 3. The minimum Gasteiger partial charge on any atom is -0.481 e. The van der Waals surface area contributed by atoms with E-state index in [4.69, 9.17) is 20.1 Å². The molecule has 0 amide bonds. The molecule has 0 unspecified atom stereocenters. The van der Waals surface area contributed by atoms with Crippen molar-refractivity contribution < 1.29 is 9.47 Å². The third-order valence-corrected chi connectivity index (χ3v) is 2.50. The van der Waals surface area contributed by atoms with E-state index in [1.807, 2.05) is 6.92 Å². The van der Waals surface area contributed by atoms with Gasteiger partial charge in [-0.05, 0) is 19.8 Å². The molecule has 0 aromatic carbocycles. The molecule has 1 fully saturated rings. The molecule has 0 aromatic rings. The Hall–Kier alpha value is -1.08. The van der Waals surface area contributed by atoms with Crippen LogP contribution in [0.2, 0.25) is 0 Å². The lowest BCUT2D eigenvalue weighted by atomic mass is 9.79. The summed E-state index contributed by atoms with van der Waals surface area (Å²) in [4.78, 5) is 0. The zero-order chi connectivity index (χ0) is 10.4. The normalized spacial score (nSPS) is 19.7. The molecule has 0 spiro atoms. The Morgan fingerprint density at radius 1 is 1.57 bits per heavy atom. The number of hydrogen-bond donors (Lipinski definition) is 1. The maximum absolute atomic E-state index is 9.10. The van der Waals surface area contributed by atoms with Crippen LogP contribution < -0.4 is 0 Å². The molecule has 0 bridgehead atoms. The van der Waals surface area contributed by atoms with E-state index < -0.39 is 5.41 Å². The Labute approximate surface area is 84.3 Å². The molecular weight excluding hydrogens is 180 g/mol. The summed E-state index contributed by atoms with van der Waals surface area (Å²) >= 11 is 0. The average Bonchev–Trinajstić information content (AvgIpc) is 2.19. The quantitative estimate of drug-likeness (QED) is 0.552. The summed E-state index contributed by atoms with van der Waals surface area (Å²) in [5, 5.41) is 16.6. The lowest BCUT2D eigenvalue weighted by Crippen LogP contribution is -2.31. The van der Waals surface area contributed by atoms with Gasteiger partial charge in [-0.2, -0.15) is 5.26 Å². The predicted octanol–water partition coefficient (Wildman–Crippen LogP) is 1.71. The van der Waals surface area contributed by atoms with Crippen molar-refractivity contribution in [2.75, 3.05) is 19.8 Å². The SMILES string of the molecule is CCOC(=N)CC1(C#N)CCOCC1. The molecule has 1 saturated heterocycles. The molecule has 0 saturated carbocycles. The first-order valence-corrected chi connectivity index (χ1v) is 4.92. The van der Waals surface area contributed by atoms with E-state index >= 15 is 0 Å². The van der Waals surface area contributed by atoms with E-state index in [0.717, 1.165) is 0 Å². The van der Waals surface area contributed by atoms with Crippen molar-refractivity contribution >= 4 is 5.90 Å². The summed E-state index contributed by atoms with van der Waals surface area (Å²) in [7, 11) is 0. The highest BCUT2D eigenvalue weighted by molar-refractivity contribution is 5.73. The molecule has 14 heavy (non-hydrogen) atoms. The van der Waals surface area contributed by atoms with Gasteiger partial charge in [0.05, 0.1) is 18.1 Å². The van der Waals surface area contributed by atoms with E-state index in [1.165, 1.54) is 0 Å². The van der Waals surface area contributed by atoms with E-state index in [2.05, 4.69) is 6.07 Å². The van der Waals surface area contributed by atoms with Crippen molar-refractivity contribution in [2.45, 2.75) is 26.2 Å². The van der Waals surface area contributed by atoms with E-state index in [1.54, 1.807) is 0 Å². The standard InChI is InChI=1S/C10H16N2O2/c1-2-14-9(12)7-10(8-11)3-5-13-6-4-10/h12H,2-7H2,1H3. The number of nitrogens with one attached hydrogen (secondary N) is 1. The summed E-state index contributed by atoms with van der Waals surface area (Å²) in [6.45, 7) is 3.58. The van der Waals surface area contributed by atoms with Crippen LogP contribution in [0.1, 0.15) is 26.2 Å². The maximum Gasteiger partial charge on any atom is 0.181 e. The molecule has 4 heteroatoms. The van der Waals surface area contributed by atoms with Crippen molar-refractivity contribution in [2.24, 2.45) is 5.41 Å². The largest absolute Gasteiger partial charge is 0.481 e. The van der Waals surface area contributed by atoms with Gasteiger partial charge in [-0.25, -0.2) is 0 Å². The summed E-state index contributed by atoms with van der Waals surface area (Å²) in [6.07, 6.45) is 1.83. The average molecular weight is 196 g/mol. The highest BCUT2D eigenvalue weighted by Crippen LogP contribution is 2.33. The molecule has 1 rings (SSSR count). The molecule has 0 radical (unpaired) electrons. The first-order valence-electron chi connectivity index (χ1n) is 4.92. The number of hydrogen-bond acceptors (Lipinski definition) is 4. The van der Waals surface area contributed by atoms with Gasteiger partial charge in [-0.3, -0.25) is 5.41 Å². The second-order valence-corrected chi connectivity index (χ2v) is 3.54. The predicted molar refractivity (Wildman–Crippen MR) is 52.1 cm³/mol. The van der Waals surface area contributed by atoms with Crippen LogP contribution in [0.4, 0.5) is 0 Å². The lowest BCUT2D eigenvalue weighted by molar-refractivity contribution is 0.0411. The molecular formula is C10H16N2O2. The van der Waals surface area contributed by atoms with Crippen LogP contribution in [0, 0.1) is 22.2 Å². The minimum absolute atomic E-state index is 0.218. The molecule has 78 valence electrons. The Kier molecular flexibility index (Phi) is 3.90. The zero-order valence-corrected chi connectivity index (χ0v) is 8.51. The molecule has 0 aliphatic carbocycles. The van der Waals surface area contributed by atoms with E-state index in [0.29, 0.717) is 39.1 Å². The van der Waals surface area contributed by atoms with Gasteiger partial charge >= 0.3 is 0 Å². The van der Waals surface area contributed by atoms with Crippen molar-refractivity contribution in [1.82, 2.24) is 0 Å². The zero-order valence-electron chi connectivity index (χ0n) is 8.51. The van der Waals surface area contributed by atoms with Crippen LogP contribution in [0.5, 0.6) is 0 Å². The molecule has 0 aromatic heterocycles. The fourth-order valence-corrected chi connectivity index (χ4v) is 1.62. The first kappa shape index (κ1) is 11.0. The van der Waals surface area contributed by atoms with Crippen LogP contribution in [0.15, 0.2) is 0 Å². The number of ether oxygens (including phenoxy) is 2. The van der Waals surface area contributed by atoms with E-state index in [-0.39, 0.29) is 5.90 Å². The molecule has 1 heterocycles. The Morgan fingerprint density at radius 2 is 2.21 bits per heavy atom. The van der Waals surface area contributed by atoms with Crippen LogP contribution in [-0.4, -0.2) is 25.7 Å². The van der Waals surface area contributed by atoms with Gasteiger partial charge in [-0.15, -0.1) is 0 Å². The topological polar surface area (TPSA) is 66.1 Å². The molecule has 1 aliphatic heterocycles. The van der Waals surface area contributed by atoms with Crippen molar-refractivity contribution in [1.29, 1.82) is 10.7 Å². The third-order valence-electron chi connectivity index (χ3n) is 2.50. The summed E-state index contributed by atoms with van der Waals surface area (Å²) < 4.78 is 10.3. The van der Waals surface area contributed by atoms with Crippen molar-refractivity contribution in [3.63, 3.8) is 0 Å². The summed E-state index contributed by atoms with van der Waals surface area (Å²) in [6, 6.07) is 2.31. The minimum atomic E-state index is -0.426. The summed E-state index contributed by atoms with van der Waals surface area (Å²) in [5.74, 6) is 0.218. The molecule has 1 N–H and O–H groups in total. The number of nitrogens with zero attached hydrogens (tertiary/aromatic N) is 1. The Morgan fingerprint density at radius 3 is 2.71 bits per heavy atom. The second-order valence-electron chi connectivity index (χ2n) is 3.54. The second kappa shape index (κ2) is 4.97. The van der Waals surface area contributed by atoms with Gasteiger partial charge in [-0.1, -0.05) is 0 Å². The molecule has 0 atom stereocenters. The monoisotopic (exact) mass is 196 g/mol. The lowest BCUT2D eigenvalue weighted by Gasteiger charge is -2.30.